The molecule has 144 valence electrons. The van der Waals surface area contributed by atoms with Crippen molar-refractivity contribution in [1.82, 2.24) is 20.0 Å². The van der Waals surface area contributed by atoms with Crippen LogP contribution in [0.1, 0.15) is 35.2 Å². The SMILES string of the molecule is Cc1ccc(-c2csc3ncc(C(=O)NC4CCCCNC4=O)c(=O)n23)cc1. The van der Waals surface area contributed by atoms with E-state index in [-0.39, 0.29) is 11.5 Å². The molecule has 28 heavy (non-hydrogen) atoms. The molecule has 3 heterocycles. The Balaban J connectivity index is 1.70. The molecule has 0 bridgehead atoms. The highest BCUT2D eigenvalue weighted by atomic mass is 32.1. The lowest BCUT2D eigenvalue weighted by Gasteiger charge is -2.15. The Morgan fingerprint density at radius 2 is 2.04 bits per heavy atom. The van der Waals surface area contributed by atoms with Gasteiger partial charge in [0, 0.05) is 18.1 Å². The number of carbonyl (C=O) groups is 2. The lowest BCUT2D eigenvalue weighted by molar-refractivity contribution is -0.122. The Morgan fingerprint density at radius 1 is 1.25 bits per heavy atom. The lowest BCUT2D eigenvalue weighted by atomic mass is 10.1. The summed E-state index contributed by atoms with van der Waals surface area (Å²) in [7, 11) is 0. The Labute approximate surface area is 165 Å². The summed E-state index contributed by atoms with van der Waals surface area (Å²) in [4.78, 5) is 42.6. The van der Waals surface area contributed by atoms with Crippen molar-refractivity contribution in [2.75, 3.05) is 6.54 Å². The van der Waals surface area contributed by atoms with Crippen LogP contribution in [0.2, 0.25) is 0 Å². The minimum absolute atomic E-state index is 0.0682. The summed E-state index contributed by atoms with van der Waals surface area (Å²) in [5.41, 5.74) is 2.19. The van der Waals surface area contributed by atoms with Crippen LogP contribution in [0.15, 0.2) is 40.6 Å². The summed E-state index contributed by atoms with van der Waals surface area (Å²) < 4.78 is 1.46. The Kier molecular flexibility index (Phi) is 4.95. The monoisotopic (exact) mass is 396 g/mol. The molecule has 7 nitrogen and oxygen atoms in total. The zero-order valence-electron chi connectivity index (χ0n) is 15.4. The fourth-order valence-electron chi connectivity index (χ4n) is 3.29. The quantitative estimate of drug-likeness (QED) is 0.709. The number of nitrogens with one attached hydrogen (secondary N) is 2. The van der Waals surface area contributed by atoms with E-state index in [4.69, 9.17) is 0 Å². The van der Waals surface area contributed by atoms with Gasteiger partial charge in [0.15, 0.2) is 4.96 Å². The topological polar surface area (TPSA) is 92.6 Å². The zero-order chi connectivity index (χ0) is 19.7. The van der Waals surface area contributed by atoms with Crippen LogP contribution in [0.3, 0.4) is 0 Å². The number of hydrogen-bond donors (Lipinski definition) is 2. The molecule has 2 aromatic heterocycles. The van der Waals surface area contributed by atoms with Gasteiger partial charge < -0.3 is 10.6 Å². The second kappa shape index (κ2) is 7.55. The van der Waals surface area contributed by atoms with Gasteiger partial charge in [-0.25, -0.2) is 4.98 Å². The maximum absolute atomic E-state index is 13.1. The van der Waals surface area contributed by atoms with Gasteiger partial charge in [-0.1, -0.05) is 29.8 Å². The molecule has 1 aliphatic rings. The molecule has 4 rings (SSSR count). The van der Waals surface area contributed by atoms with Crippen LogP contribution in [0.25, 0.3) is 16.2 Å². The molecule has 0 aliphatic carbocycles. The van der Waals surface area contributed by atoms with Gasteiger partial charge in [0.1, 0.15) is 11.6 Å². The summed E-state index contributed by atoms with van der Waals surface area (Å²) in [6, 6.07) is 7.18. The molecule has 0 radical (unpaired) electrons. The van der Waals surface area contributed by atoms with E-state index in [1.54, 1.807) is 0 Å². The molecule has 2 N–H and O–H groups in total. The molecule has 0 saturated carbocycles. The first-order valence-corrected chi connectivity index (χ1v) is 10.1. The van der Waals surface area contributed by atoms with Crippen molar-refractivity contribution in [1.29, 1.82) is 0 Å². The third-order valence-corrected chi connectivity index (χ3v) is 5.72. The summed E-state index contributed by atoms with van der Waals surface area (Å²) >= 11 is 1.34. The van der Waals surface area contributed by atoms with Gasteiger partial charge in [0.25, 0.3) is 11.5 Å². The third kappa shape index (κ3) is 3.43. The van der Waals surface area contributed by atoms with E-state index in [0.717, 1.165) is 24.0 Å². The summed E-state index contributed by atoms with van der Waals surface area (Å²) in [6.45, 7) is 2.60. The summed E-state index contributed by atoms with van der Waals surface area (Å²) in [6.07, 6.45) is 3.56. The normalized spacial score (nSPS) is 17.2. The van der Waals surface area contributed by atoms with Crippen molar-refractivity contribution in [3.05, 3.63) is 57.3 Å². The fourth-order valence-corrected chi connectivity index (χ4v) is 4.15. The average molecular weight is 396 g/mol. The highest BCUT2D eigenvalue weighted by Crippen LogP contribution is 2.24. The first kappa shape index (κ1) is 18.4. The minimum Gasteiger partial charge on any atom is -0.354 e. The number of benzene rings is 1. The summed E-state index contributed by atoms with van der Waals surface area (Å²) in [5, 5.41) is 7.32. The number of thiazole rings is 1. The van der Waals surface area contributed by atoms with Gasteiger partial charge >= 0.3 is 0 Å². The molecule has 8 heteroatoms. The van der Waals surface area contributed by atoms with Crippen LogP contribution in [0.4, 0.5) is 0 Å². The highest BCUT2D eigenvalue weighted by molar-refractivity contribution is 7.15. The van der Waals surface area contributed by atoms with Crippen molar-refractivity contribution in [2.45, 2.75) is 32.2 Å². The molecule has 1 atom stereocenters. The molecule has 1 fully saturated rings. The van der Waals surface area contributed by atoms with Gasteiger partial charge in [-0.3, -0.25) is 18.8 Å². The Morgan fingerprint density at radius 3 is 2.82 bits per heavy atom. The summed E-state index contributed by atoms with van der Waals surface area (Å²) in [5.74, 6) is -0.786. The van der Waals surface area contributed by atoms with Crippen LogP contribution in [0.5, 0.6) is 0 Å². The standard InChI is InChI=1S/C20H20N4O3S/c1-12-5-7-13(8-6-12)16-11-28-20-22-10-14(19(27)24(16)20)17(25)23-15-4-2-3-9-21-18(15)26/h5-8,10-11,15H,2-4,9H2,1H3,(H,21,26)(H,23,25). The van der Waals surface area contributed by atoms with Crippen molar-refractivity contribution in [3.8, 4) is 11.3 Å². The van der Waals surface area contributed by atoms with Crippen LogP contribution >= 0.6 is 11.3 Å². The van der Waals surface area contributed by atoms with Gasteiger partial charge in [0.05, 0.1) is 5.69 Å². The molecule has 1 unspecified atom stereocenters. The van der Waals surface area contributed by atoms with Crippen molar-refractivity contribution < 1.29 is 9.59 Å². The van der Waals surface area contributed by atoms with E-state index in [2.05, 4.69) is 15.6 Å². The number of aryl methyl sites for hydroxylation is 1. The number of amides is 2. The molecule has 1 aliphatic heterocycles. The molecule has 1 aromatic carbocycles. The van der Waals surface area contributed by atoms with E-state index in [1.807, 2.05) is 36.6 Å². The predicted octanol–water partition coefficient (Wildman–Crippen LogP) is 2.13. The van der Waals surface area contributed by atoms with Gasteiger partial charge in [-0.2, -0.15) is 0 Å². The molecule has 3 aromatic rings. The maximum atomic E-state index is 13.1. The van der Waals surface area contributed by atoms with Gasteiger partial charge in [0.2, 0.25) is 5.91 Å². The third-order valence-electron chi connectivity index (χ3n) is 4.88. The molecule has 0 spiro atoms. The number of fused-ring (bicyclic) bond motifs is 1. The molecule has 2 amide bonds. The number of aromatic nitrogens is 2. The molecule has 1 saturated heterocycles. The van der Waals surface area contributed by atoms with Crippen molar-refractivity contribution in [2.24, 2.45) is 0 Å². The first-order valence-electron chi connectivity index (χ1n) is 9.19. The van der Waals surface area contributed by atoms with E-state index < -0.39 is 17.5 Å². The van der Waals surface area contributed by atoms with E-state index in [0.29, 0.717) is 23.6 Å². The second-order valence-corrected chi connectivity index (χ2v) is 7.73. The zero-order valence-corrected chi connectivity index (χ0v) is 16.2. The first-order chi connectivity index (χ1) is 13.5. The maximum Gasteiger partial charge on any atom is 0.271 e. The Bertz CT molecular complexity index is 1100. The smallest absolute Gasteiger partial charge is 0.271 e. The minimum atomic E-state index is -0.630. The number of rotatable bonds is 3. The van der Waals surface area contributed by atoms with Crippen LogP contribution in [0, 0.1) is 6.92 Å². The Hall–Kier alpha value is -3.00. The van der Waals surface area contributed by atoms with E-state index in [9.17, 15) is 14.4 Å². The van der Waals surface area contributed by atoms with Gasteiger partial charge in [-0.05, 0) is 31.7 Å². The van der Waals surface area contributed by atoms with E-state index in [1.165, 1.54) is 21.9 Å². The number of hydrogen-bond acceptors (Lipinski definition) is 5. The largest absolute Gasteiger partial charge is 0.354 e. The fraction of sp³-hybridized carbons (Fsp3) is 0.300. The van der Waals surface area contributed by atoms with E-state index >= 15 is 0 Å². The highest BCUT2D eigenvalue weighted by Gasteiger charge is 2.25. The van der Waals surface area contributed by atoms with Crippen LogP contribution < -0.4 is 16.2 Å². The second-order valence-electron chi connectivity index (χ2n) is 6.89. The van der Waals surface area contributed by atoms with Crippen molar-refractivity contribution in [3.63, 3.8) is 0 Å². The molecular formula is C20H20N4O3S. The average Bonchev–Trinajstić information content (AvgIpc) is 3.02. The predicted molar refractivity (Wildman–Crippen MR) is 108 cm³/mol. The van der Waals surface area contributed by atoms with Crippen LogP contribution in [-0.4, -0.2) is 33.8 Å². The van der Waals surface area contributed by atoms with Gasteiger partial charge in [-0.15, -0.1) is 11.3 Å². The lowest BCUT2D eigenvalue weighted by Crippen LogP contribution is -2.46. The number of nitrogens with zero attached hydrogens (tertiary/aromatic N) is 2. The van der Waals surface area contributed by atoms with Crippen LogP contribution in [-0.2, 0) is 4.79 Å². The number of carbonyl (C=O) groups excluding carboxylic acids is 2. The molecular weight excluding hydrogens is 376 g/mol. The van der Waals surface area contributed by atoms with Crippen molar-refractivity contribution >= 4 is 28.1 Å².